The van der Waals surface area contributed by atoms with E-state index in [0.717, 1.165) is 22.4 Å². The molecule has 1 heterocycles. The average Bonchev–Trinajstić information content (AvgIpc) is 2.98. The number of nitrogens with one attached hydrogen (secondary N) is 1. The number of ether oxygens (including phenoxy) is 1. The monoisotopic (exact) mass is 556 g/mol. The number of pyridine rings is 1. The molecule has 0 spiro atoms. The van der Waals surface area contributed by atoms with Crippen LogP contribution >= 0.6 is 0 Å². The van der Waals surface area contributed by atoms with Gasteiger partial charge in [0.25, 0.3) is 5.91 Å². The molecule has 3 N–H and O–H groups in total. The smallest absolute Gasteiger partial charge is 0.251 e. The first-order valence-electron chi connectivity index (χ1n) is 12.9. The first kappa shape index (κ1) is 28.7. The Morgan fingerprint density at radius 2 is 1.57 bits per heavy atom. The molecule has 1 unspecified atom stereocenters. The lowest BCUT2D eigenvalue weighted by Gasteiger charge is -2.22. The van der Waals surface area contributed by atoms with E-state index in [9.17, 15) is 13.8 Å². The van der Waals surface area contributed by atoms with Crippen LogP contribution in [0.4, 0.5) is 0 Å². The lowest BCUT2D eigenvalue weighted by molar-refractivity contribution is -0.119. The topological polar surface area (TPSA) is 115 Å². The van der Waals surface area contributed by atoms with E-state index in [1.807, 2.05) is 78.0 Å². The van der Waals surface area contributed by atoms with Crippen LogP contribution in [0.5, 0.6) is 5.75 Å². The molecule has 0 radical (unpaired) electrons. The summed E-state index contributed by atoms with van der Waals surface area (Å²) in [7, 11) is -1.46. The zero-order valence-electron chi connectivity index (χ0n) is 22.2. The molecule has 0 aliphatic rings. The van der Waals surface area contributed by atoms with Gasteiger partial charge >= 0.3 is 0 Å². The maximum atomic E-state index is 13.6. The van der Waals surface area contributed by atoms with Crippen LogP contribution in [-0.2, 0) is 35.3 Å². The molecule has 0 bridgehead atoms. The van der Waals surface area contributed by atoms with E-state index in [-0.39, 0.29) is 0 Å². The van der Waals surface area contributed by atoms with Crippen molar-refractivity contribution in [3.63, 3.8) is 0 Å². The van der Waals surface area contributed by atoms with Crippen molar-refractivity contribution < 1.29 is 18.5 Å². The Kier molecular flexibility index (Phi) is 10.1. The van der Waals surface area contributed by atoms with Gasteiger partial charge in [-0.2, -0.15) is 0 Å². The highest BCUT2D eigenvalue weighted by molar-refractivity contribution is 7.82. The van der Waals surface area contributed by atoms with Gasteiger partial charge in [-0.05, 0) is 66.1 Å². The molecule has 4 aromatic rings. The number of amides is 2. The molecule has 1 aromatic heterocycles. The Hall–Kier alpha value is -4.34. The molecule has 0 aliphatic carbocycles. The lowest BCUT2D eigenvalue weighted by atomic mass is 10.0. The molecule has 3 aromatic carbocycles. The molecule has 8 nitrogen and oxygen atoms in total. The number of benzene rings is 3. The van der Waals surface area contributed by atoms with E-state index in [4.69, 9.17) is 10.5 Å². The number of carbonyl (C=O) groups is 2. The highest BCUT2D eigenvalue weighted by atomic mass is 32.2. The van der Waals surface area contributed by atoms with Gasteiger partial charge in [-0.3, -0.25) is 14.6 Å². The minimum atomic E-state index is -1.46. The highest BCUT2D eigenvalue weighted by Gasteiger charge is 2.20. The third-order valence-corrected chi connectivity index (χ3v) is 7.56. The van der Waals surface area contributed by atoms with Crippen molar-refractivity contribution in [1.29, 1.82) is 0 Å². The summed E-state index contributed by atoms with van der Waals surface area (Å²) in [6, 6.07) is 26.6. The van der Waals surface area contributed by atoms with Gasteiger partial charge in [-0.25, -0.2) is 8.51 Å². The van der Waals surface area contributed by atoms with Crippen LogP contribution in [0.1, 0.15) is 34.0 Å². The van der Waals surface area contributed by atoms with Gasteiger partial charge < -0.3 is 15.8 Å². The summed E-state index contributed by atoms with van der Waals surface area (Å²) < 4.78 is 20.9. The zero-order chi connectivity index (χ0) is 28.3. The summed E-state index contributed by atoms with van der Waals surface area (Å²) in [5.41, 5.74) is 8.65. The molecule has 4 rings (SSSR count). The molecule has 9 heteroatoms. The molecule has 40 heavy (non-hydrogen) atoms. The van der Waals surface area contributed by atoms with E-state index >= 15 is 0 Å². The van der Waals surface area contributed by atoms with E-state index < -0.39 is 28.8 Å². The number of carbonyl (C=O) groups excluding carboxylic acids is 2. The predicted molar refractivity (Wildman–Crippen MR) is 155 cm³/mol. The molecular formula is C31H32N4O4S. The normalized spacial score (nSPS) is 12.4. The van der Waals surface area contributed by atoms with Crippen LogP contribution in [-0.4, -0.2) is 38.0 Å². The molecule has 0 aliphatic heterocycles. The van der Waals surface area contributed by atoms with Crippen molar-refractivity contribution >= 4 is 22.8 Å². The maximum Gasteiger partial charge on any atom is 0.251 e. The van der Waals surface area contributed by atoms with Gasteiger partial charge in [0.1, 0.15) is 22.8 Å². The van der Waals surface area contributed by atoms with Gasteiger partial charge in [-0.1, -0.05) is 48.5 Å². The number of nitrogens with two attached hydrogens (primary N) is 1. The van der Waals surface area contributed by atoms with Gasteiger partial charge in [0.15, 0.2) is 0 Å². The van der Waals surface area contributed by atoms with Crippen LogP contribution in [0.3, 0.4) is 0 Å². The number of primary amides is 1. The van der Waals surface area contributed by atoms with Crippen LogP contribution < -0.4 is 15.8 Å². The van der Waals surface area contributed by atoms with E-state index in [1.54, 1.807) is 36.7 Å². The Balaban J connectivity index is 1.47. The average molecular weight is 557 g/mol. The summed E-state index contributed by atoms with van der Waals surface area (Å²) in [5, 5.41) is 2.74. The Labute approximate surface area is 236 Å². The first-order chi connectivity index (χ1) is 19.4. The first-order valence-corrected chi connectivity index (χ1v) is 14.0. The van der Waals surface area contributed by atoms with Gasteiger partial charge in [0.05, 0.1) is 11.5 Å². The summed E-state index contributed by atoms with van der Waals surface area (Å²) >= 11 is 0. The van der Waals surface area contributed by atoms with Crippen LogP contribution in [0.15, 0.2) is 108 Å². The van der Waals surface area contributed by atoms with Gasteiger partial charge in [0, 0.05) is 37.5 Å². The molecular weight excluding hydrogens is 524 g/mol. The fourth-order valence-electron chi connectivity index (χ4n) is 4.12. The second-order valence-corrected chi connectivity index (χ2v) is 10.6. The molecule has 206 valence electrons. The van der Waals surface area contributed by atoms with E-state index in [0.29, 0.717) is 36.6 Å². The number of nitrogens with zero attached hydrogens (tertiary/aromatic N) is 2. The predicted octanol–water partition coefficient (Wildman–Crippen LogP) is 4.03. The SMILES string of the molecule is CCOc1ccc(S(=O)N(Cc2ccc(C(=O)N[C@@H](Cc3ccccc3)C(N)=O)cc2)Cc2cccnc2)cc1. The van der Waals surface area contributed by atoms with Crippen LogP contribution in [0.25, 0.3) is 0 Å². The van der Waals surface area contributed by atoms with Crippen molar-refractivity contribution in [3.05, 3.63) is 126 Å². The molecule has 2 amide bonds. The zero-order valence-corrected chi connectivity index (χ0v) is 23.1. The van der Waals surface area contributed by atoms with E-state index in [2.05, 4.69) is 10.3 Å². The molecule has 2 atom stereocenters. The second kappa shape index (κ2) is 14.2. The Morgan fingerprint density at radius 3 is 2.20 bits per heavy atom. The number of aromatic nitrogens is 1. The number of hydrogen-bond donors (Lipinski definition) is 2. The van der Waals surface area contributed by atoms with Crippen molar-refractivity contribution in [2.45, 2.75) is 37.4 Å². The Bertz CT molecular complexity index is 1420. The van der Waals surface area contributed by atoms with Crippen molar-refractivity contribution in [2.24, 2.45) is 5.73 Å². The maximum absolute atomic E-state index is 13.6. The van der Waals surface area contributed by atoms with Crippen molar-refractivity contribution in [3.8, 4) is 5.75 Å². The molecule has 0 saturated carbocycles. The summed E-state index contributed by atoms with van der Waals surface area (Å²) in [6.07, 6.45) is 3.75. The standard InChI is InChI=1S/C31H32N4O4S/c1-2-39-27-14-16-28(17-15-27)40(38)35(22-25-9-6-18-33-20-25)21-24-10-12-26(13-11-24)31(37)34-29(30(32)36)19-23-7-4-3-5-8-23/h3-18,20,29H,2,19,21-22H2,1H3,(H2,32,36)(H,34,37)/t29-,40?/m0/s1. The Morgan fingerprint density at radius 1 is 0.900 bits per heavy atom. The third kappa shape index (κ3) is 8.08. The minimum Gasteiger partial charge on any atom is -0.494 e. The van der Waals surface area contributed by atoms with Gasteiger partial charge in [-0.15, -0.1) is 0 Å². The van der Waals surface area contributed by atoms with Crippen LogP contribution in [0.2, 0.25) is 0 Å². The second-order valence-electron chi connectivity index (χ2n) is 9.13. The van der Waals surface area contributed by atoms with E-state index in [1.165, 1.54) is 0 Å². The fourth-order valence-corrected chi connectivity index (χ4v) is 5.32. The number of hydrogen-bond acceptors (Lipinski definition) is 5. The quantitative estimate of drug-likeness (QED) is 0.258. The molecule has 0 fully saturated rings. The number of rotatable bonds is 13. The fraction of sp³-hybridized carbons (Fsp3) is 0.194. The summed E-state index contributed by atoms with van der Waals surface area (Å²) in [5.74, 6) is -0.272. The third-order valence-electron chi connectivity index (χ3n) is 6.16. The van der Waals surface area contributed by atoms with Crippen molar-refractivity contribution in [2.75, 3.05) is 6.61 Å². The van der Waals surface area contributed by atoms with Crippen LogP contribution in [0, 0.1) is 0 Å². The minimum absolute atomic E-state index is 0.306. The molecule has 0 saturated heterocycles. The summed E-state index contributed by atoms with van der Waals surface area (Å²) in [4.78, 5) is 29.7. The lowest BCUT2D eigenvalue weighted by Crippen LogP contribution is -2.45. The van der Waals surface area contributed by atoms with Gasteiger partial charge in [0.2, 0.25) is 5.91 Å². The largest absolute Gasteiger partial charge is 0.494 e. The van der Waals surface area contributed by atoms with Crippen molar-refractivity contribution in [1.82, 2.24) is 14.6 Å². The summed E-state index contributed by atoms with van der Waals surface area (Å²) in [6.45, 7) is 3.25. The highest BCUT2D eigenvalue weighted by Crippen LogP contribution is 2.21.